The van der Waals surface area contributed by atoms with Crippen LogP contribution < -0.4 is 5.32 Å². The summed E-state index contributed by atoms with van der Waals surface area (Å²) in [7, 11) is 0. The van der Waals surface area contributed by atoms with Crippen molar-refractivity contribution in [2.45, 2.75) is 33.4 Å². The summed E-state index contributed by atoms with van der Waals surface area (Å²) in [6.45, 7) is 4.42. The van der Waals surface area contributed by atoms with Crippen LogP contribution in [0.1, 0.15) is 35.1 Å². The molecule has 3 rings (SSSR count). The van der Waals surface area contributed by atoms with Gasteiger partial charge in [0.1, 0.15) is 0 Å². The molecule has 0 aliphatic carbocycles. The van der Waals surface area contributed by atoms with E-state index in [-0.39, 0.29) is 11.7 Å². The van der Waals surface area contributed by atoms with E-state index >= 15 is 0 Å². The molecule has 0 aliphatic heterocycles. The van der Waals surface area contributed by atoms with Gasteiger partial charge in [-0.3, -0.25) is 14.6 Å². The standard InChI is InChI=1S/C22H23N3O2/c1-16-20(17(2)26)14-21(18-8-4-3-5-9-18)25(16)13-11-22(27)24-15-19-10-6-7-12-23-19/h3-10,12,14H,11,13,15H2,1-2H3,(H,24,27). The number of rotatable bonds is 7. The normalized spacial score (nSPS) is 10.6. The lowest BCUT2D eigenvalue weighted by Crippen LogP contribution is -2.24. The molecule has 0 saturated carbocycles. The SMILES string of the molecule is CC(=O)c1cc(-c2ccccc2)n(CCC(=O)NCc2ccccn2)c1C. The third-order valence-corrected chi connectivity index (χ3v) is 4.57. The predicted octanol–water partition coefficient (Wildman–Crippen LogP) is 3.77. The summed E-state index contributed by atoms with van der Waals surface area (Å²) < 4.78 is 2.05. The molecule has 2 heterocycles. The molecule has 2 aromatic heterocycles. The van der Waals surface area contributed by atoms with Crippen LogP contribution in [0.25, 0.3) is 11.3 Å². The number of amides is 1. The molecule has 138 valence electrons. The second kappa shape index (κ2) is 8.45. The fourth-order valence-electron chi connectivity index (χ4n) is 3.13. The van der Waals surface area contributed by atoms with Crippen LogP contribution in [0.4, 0.5) is 0 Å². The molecule has 0 atom stereocenters. The Kier molecular flexibility index (Phi) is 5.81. The third kappa shape index (κ3) is 4.50. The number of Topliss-reactive ketones (excluding diaryl/α,β-unsaturated/α-hetero) is 1. The molecule has 0 unspecified atom stereocenters. The summed E-state index contributed by atoms with van der Waals surface area (Å²) in [5.41, 5.74) is 4.39. The van der Waals surface area contributed by atoms with Crippen LogP contribution in [0.3, 0.4) is 0 Å². The van der Waals surface area contributed by atoms with Gasteiger partial charge in [-0.1, -0.05) is 36.4 Å². The van der Waals surface area contributed by atoms with Gasteiger partial charge in [0.25, 0.3) is 0 Å². The Morgan fingerprint density at radius 2 is 1.81 bits per heavy atom. The van der Waals surface area contributed by atoms with Gasteiger partial charge < -0.3 is 9.88 Å². The van der Waals surface area contributed by atoms with E-state index < -0.39 is 0 Å². The maximum atomic E-state index is 12.3. The fraction of sp³-hybridized carbons (Fsp3) is 0.227. The van der Waals surface area contributed by atoms with Gasteiger partial charge in [0.15, 0.2) is 5.78 Å². The lowest BCUT2D eigenvalue weighted by atomic mass is 10.1. The first-order valence-corrected chi connectivity index (χ1v) is 8.99. The molecular formula is C22H23N3O2. The van der Waals surface area contributed by atoms with Gasteiger partial charge in [-0.05, 0) is 37.6 Å². The highest BCUT2D eigenvalue weighted by Crippen LogP contribution is 2.26. The van der Waals surface area contributed by atoms with E-state index in [1.54, 1.807) is 13.1 Å². The van der Waals surface area contributed by atoms with Crippen LogP contribution in [0.2, 0.25) is 0 Å². The van der Waals surface area contributed by atoms with Crippen LogP contribution in [0, 0.1) is 6.92 Å². The first-order valence-electron chi connectivity index (χ1n) is 8.99. The largest absolute Gasteiger partial charge is 0.350 e. The van der Waals surface area contributed by atoms with Gasteiger partial charge >= 0.3 is 0 Å². The topological polar surface area (TPSA) is 64.0 Å². The molecule has 1 amide bonds. The zero-order valence-corrected chi connectivity index (χ0v) is 15.6. The average molecular weight is 361 g/mol. The highest BCUT2D eigenvalue weighted by atomic mass is 16.1. The molecule has 0 saturated heterocycles. The zero-order chi connectivity index (χ0) is 19.2. The summed E-state index contributed by atoms with van der Waals surface area (Å²) in [4.78, 5) is 28.4. The average Bonchev–Trinajstić information content (AvgIpc) is 3.03. The predicted molar refractivity (Wildman–Crippen MR) is 105 cm³/mol. The molecule has 27 heavy (non-hydrogen) atoms. The Bertz CT molecular complexity index is 931. The second-order valence-corrected chi connectivity index (χ2v) is 6.45. The van der Waals surface area contributed by atoms with E-state index in [0.717, 1.165) is 22.6 Å². The van der Waals surface area contributed by atoms with Gasteiger partial charge in [0, 0.05) is 36.1 Å². The number of hydrogen-bond donors (Lipinski definition) is 1. The highest BCUT2D eigenvalue weighted by molar-refractivity contribution is 5.96. The summed E-state index contributed by atoms with van der Waals surface area (Å²) in [6.07, 6.45) is 2.04. The molecule has 1 aromatic carbocycles. The van der Waals surface area contributed by atoms with E-state index in [0.29, 0.717) is 25.1 Å². The number of hydrogen-bond acceptors (Lipinski definition) is 3. The monoisotopic (exact) mass is 361 g/mol. The number of benzene rings is 1. The lowest BCUT2D eigenvalue weighted by Gasteiger charge is -2.12. The van der Waals surface area contributed by atoms with Crippen molar-refractivity contribution in [1.82, 2.24) is 14.9 Å². The van der Waals surface area contributed by atoms with Crippen molar-refractivity contribution in [3.05, 3.63) is 77.7 Å². The van der Waals surface area contributed by atoms with Crippen molar-refractivity contribution in [2.24, 2.45) is 0 Å². The summed E-state index contributed by atoms with van der Waals surface area (Å²) >= 11 is 0. The van der Waals surface area contributed by atoms with E-state index in [2.05, 4.69) is 10.3 Å². The van der Waals surface area contributed by atoms with Crippen molar-refractivity contribution in [2.75, 3.05) is 0 Å². The molecule has 1 N–H and O–H groups in total. The van der Waals surface area contributed by atoms with Crippen LogP contribution >= 0.6 is 0 Å². The van der Waals surface area contributed by atoms with E-state index in [1.807, 2.05) is 66.1 Å². The van der Waals surface area contributed by atoms with Crippen LogP contribution in [0.5, 0.6) is 0 Å². The molecule has 0 fully saturated rings. The van der Waals surface area contributed by atoms with Crippen molar-refractivity contribution < 1.29 is 9.59 Å². The Morgan fingerprint density at radius 3 is 2.48 bits per heavy atom. The van der Waals surface area contributed by atoms with E-state index in [4.69, 9.17) is 0 Å². The molecule has 0 bridgehead atoms. The Balaban J connectivity index is 1.73. The summed E-state index contributed by atoms with van der Waals surface area (Å²) in [5.74, 6) is -0.0137. The smallest absolute Gasteiger partial charge is 0.222 e. The Labute approximate surface area is 159 Å². The fourth-order valence-corrected chi connectivity index (χ4v) is 3.13. The molecule has 0 radical (unpaired) electrons. The third-order valence-electron chi connectivity index (χ3n) is 4.57. The quantitative estimate of drug-likeness (QED) is 0.652. The van der Waals surface area contributed by atoms with E-state index in [9.17, 15) is 9.59 Å². The van der Waals surface area contributed by atoms with Crippen LogP contribution in [-0.4, -0.2) is 21.2 Å². The minimum absolute atomic E-state index is 0.0306. The number of nitrogens with one attached hydrogen (secondary N) is 1. The minimum Gasteiger partial charge on any atom is -0.350 e. The second-order valence-electron chi connectivity index (χ2n) is 6.45. The van der Waals surface area contributed by atoms with Gasteiger partial charge in [0.2, 0.25) is 5.91 Å². The van der Waals surface area contributed by atoms with Gasteiger partial charge in [0.05, 0.1) is 12.2 Å². The number of aromatic nitrogens is 2. The number of pyridine rings is 1. The number of nitrogens with zero attached hydrogens (tertiary/aromatic N) is 2. The molecule has 0 aliphatic rings. The summed E-state index contributed by atoms with van der Waals surface area (Å²) in [5, 5.41) is 2.90. The van der Waals surface area contributed by atoms with Gasteiger partial charge in [-0.2, -0.15) is 0 Å². The number of carbonyl (C=O) groups excluding carboxylic acids is 2. The maximum absolute atomic E-state index is 12.3. The van der Waals surface area contributed by atoms with Gasteiger partial charge in [-0.15, -0.1) is 0 Å². The lowest BCUT2D eigenvalue weighted by molar-refractivity contribution is -0.121. The van der Waals surface area contributed by atoms with Crippen molar-refractivity contribution in [1.29, 1.82) is 0 Å². The molecular weight excluding hydrogens is 338 g/mol. The zero-order valence-electron chi connectivity index (χ0n) is 15.6. The number of carbonyl (C=O) groups is 2. The van der Waals surface area contributed by atoms with E-state index in [1.165, 1.54) is 0 Å². The molecule has 3 aromatic rings. The van der Waals surface area contributed by atoms with Crippen molar-refractivity contribution in [3.8, 4) is 11.3 Å². The molecule has 5 heteroatoms. The first-order chi connectivity index (χ1) is 13.1. The molecule has 5 nitrogen and oxygen atoms in total. The minimum atomic E-state index is -0.0443. The summed E-state index contributed by atoms with van der Waals surface area (Å²) in [6, 6.07) is 17.4. The van der Waals surface area contributed by atoms with Gasteiger partial charge in [-0.25, -0.2) is 0 Å². The van der Waals surface area contributed by atoms with Crippen molar-refractivity contribution >= 4 is 11.7 Å². The molecule has 0 spiro atoms. The highest BCUT2D eigenvalue weighted by Gasteiger charge is 2.16. The number of ketones is 1. The Hall–Kier alpha value is -3.21. The van der Waals surface area contributed by atoms with Crippen LogP contribution in [0.15, 0.2) is 60.8 Å². The Morgan fingerprint density at radius 1 is 1.07 bits per heavy atom. The van der Waals surface area contributed by atoms with Crippen molar-refractivity contribution in [3.63, 3.8) is 0 Å². The van der Waals surface area contributed by atoms with Crippen LogP contribution in [-0.2, 0) is 17.9 Å². The first kappa shape index (κ1) is 18.6. The maximum Gasteiger partial charge on any atom is 0.222 e.